The molecule has 1 aromatic carbocycles. The Labute approximate surface area is 211 Å². The maximum atomic E-state index is 13.2. The molecule has 210 valence electrons. The number of nitrogens with zero attached hydrogens (tertiary/aromatic N) is 2. The van der Waals surface area contributed by atoms with Gasteiger partial charge in [-0.3, -0.25) is 4.98 Å². The second-order valence-electron chi connectivity index (χ2n) is 7.86. The van der Waals surface area contributed by atoms with Crippen molar-refractivity contribution >= 4 is 22.0 Å². The number of carboxylic acids is 2. The second-order valence-corrected chi connectivity index (χ2v) is 9.76. The summed E-state index contributed by atoms with van der Waals surface area (Å²) in [7, 11) is -3.64. The van der Waals surface area contributed by atoms with Gasteiger partial charge in [-0.2, -0.15) is 30.6 Å². The molecular weight excluding hydrogens is 552 g/mol. The zero-order chi connectivity index (χ0) is 28.8. The summed E-state index contributed by atoms with van der Waals surface area (Å²) in [5, 5.41) is 17.5. The summed E-state index contributed by atoms with van der Waals surface area (Å²) < 4.78 is 97.5. The van der Waals surface area contributed by atoms with Gasteiger partial charge in [-0.05, 0) is 30.8 Å². The normalized spacial score (nSPS) is 20.5. The second kappa shape index (κ2) is 12.0. The molecule has 1 aromatic heterocycles. The van der Waals surface area contributed by atoms with Gasteiger partial charge in [0.25, 0.3) is 0 Å². The fraction of sp³-hybridized carbons (Fsp3) is 0.381. The minimum atomic E-state index is -5.08. The molecule has 0 aliphatic carbocycles. The third-order valence-electron chi connectivity index (χ3n) is 5.01. The number of hydrogen-bond acceptors (Lipinski definition) is 7. The molecule has 2 aliphatic heterocycles. The Morgan fingerprint density at radius 2 is 1.55 bits per heavy atom. The van der Waals surface area contributed by atoms with Crippen LogP contribution in [0.5, 0.6) is 5.75 Å². The molecule has 1 fully saturated rings. The van der Waals surface area contributed by atoms with Crippen molar-refractivity contribution in [2.45, 2.75) is 35.8 Å². The van der Waals surface area contributed by atoms with Gasteiger partial charge >= 0.3 is 24.3 Å². The van der Waals surface area contributed by atoms with Crippen LogP contribution in [-0.4, -0.2) is 77.4 Å². The molecule has 1 spiro atoms. The summed E-state index contributed by atoms with van der Waals surface area (Å²) in [6.45, 7) is 2.01. The Balaban J connectivity index is 0.000000301. The number of alkyl halides is 6. The molecule has 1 unspecified atom stereocenters. The highest BCUT2D eigenvalue weighted by molar-refractivity contribution is 7.89. The molecule has 0 saturated carbocycles. The summed E-state index contributed by atoms with van der Waals surface area (Å²) >= 11 is 0. The Morgan fingerprint density at radius 3 is 2.03 bits per heavy atom. The third-order valence-corrected chi connectivity index (χ3v) is 6.84. The van der Waals surface area contributed by atoms with E-state index in [2.05, 4.69) is 10.3 Å². The van der Waals surface area contributed by atoms with Crippen LogP contribution < -0.4 is 10.1 Å². The van der Waals surface area contributed by atoms with Crippen LogP contribution in [-0.2, 0) is 26.2 Å². The summed E-state index contributed by atoms with van der Waals surface area (Å²) in [5.41, 5.74) is 0.190. The molecule has 2 aliphatic rings. The first-order valence-electron chi connectivity index (χ1n) is 10.5. The van der Waals surface area contributed by atoms with Crippen LogP contribution in [0.25, 0.3) is 0 Å². The maximum absolute atomic E-state index is 13.2. The topological polar surface area (TPSA) is 146 Å². The first-order chi connectivity index (χ1) is 17.5. The lowest BCUT2D eigenvalue weighted by atomic mass is 10.0. The number of carbonyl (C=O) groups is 2. The number of aliphatic carboxylic acids is 2. The Bertz CT molecular complexity index is 1190. The summed E-state index contributed by atoms with van der Waals surface area (Å²) in [6, 6.07) is 12.4. The maximum Gasteiger partial charge on any atom is 0.490 e. The lowest BCUT2D eigenvalue weighted by Crippen LogP contribution is -2.48. The zero-order valence-corrected chi connectivity index (χ0v) is 20.0. The highest BCUT2D eigenvalue weighted by Gasteiger charge is 2.45. The molecule has 38 heavy (non-hydrogen) atoms. The molecule has 10 nitrogen and oxygen atoms in total. The smallest absolute Gasteiger partial charge is 0.483 e. The largest absolute Gasteiger partial charge is 0.490 e. The van der Waals surface area contributed by atoms with Gasteiger partial charge in [0.2, 0.25) is 10.0 Å². The van der Waals surface area contributed by atoms with Gasteiger partial charge in [0.1, 0.15) is 16.2 Å². The van der Waals surface area contributed by atoms with Gasteiger partial charge in [0.15, 0.2) is 0 Å². The number of aromatic nitrogens is 1. The van der Waals surface area contributed by atoms with Crippen molar-refractivity contribution < 1.29 is 59.3 Å². The van der Waals surface area contributed by atoms with Crippen molar-refractivity contribution in [2.75, 3.05) is 19.6 Å². The third kappa shape index (κ3) is 8.29. The van der Waals surface area contributed by atoms with Crippen LogP contribution in [0, 0.1) is 0 Å². The molecule has 3 heterocycles. The van der Waals surface area contributed by atoms with Crippen LogP contribution in [0.4, 0.5) is 26.3 Å². The van der Waals surface area contributed by atoms with Crippen molar-refractivity contribution in [3.8, 4) is 5.75 Å². The van der Waals surface area contributed by atoms with E-state index in [1.807, 2.05) is 18.2 Å². The molecule has 1 saturated heterocycles. The predicted octanol–water partition coefficient (Wildman–Crippen LogP) is 2.66. The fourth-order valence-corrected chi connectivity index (χ4v) is 4.91. The number of pyridine rings is 1. The van der Waals surface area contributed by atoms with Crippen LogP contribution in [0.2, 0.25) is 0 Å². The molecular formula is C21H21F6N3O7S. The van der Waals surface area contributed by atoms with Crippen molar-refractivity contribution in [3.05, 3.63) is 54.4 Å². The SMILES string of the molecule is O=C(O)C(F)(F)F.O=C(O)C(F)(F)F.O=S1(=O)c2ccccc2OC2(CCNC2)CN1Cc1ccccn1. The fourth-order valence-electron chi connectivity index (χ4n) is 3.31. The van der Waals surface area contributed by atoms with E-state index in [4.69, 9.17) is 24.5 Å². The average Bonchev–Trinajstić information content (AvgIpc) is 3.24. The van der Waals surface area contributed by atoms with E-state index >= 15 is 0 Å². The molecule has 4 rings (SSSR count). The number of ether oxygens (including phenoxy) is 1. The standard InChI is InChI=1S/C17H19N3O3S.2C2HF3O2/c21-24(22)16-7-2-1-6-15(16)23-17(8-10-18-12-17)13-20(24)11-14-5-3-4-9-19-14;2*3-2(4,5)1(6)7/h1-7,9,18H,8,10-13H2;2*(H,6,7). The van der Waals surface area contributed by atoms with E-state index in [1.54, 1.807) is 30.5 Å². The van der Waals surface area contributed by atoms with Crippen LogP contribution in [0.3, 0.4) is 0 Å². The van der Waals surface area contributed by atoms with Gasteiger partial charge in [-0.25, -0.2) is 18.0 Å². The molecule has 3 N–H and O–H groups in total. The Hall–Kier alpha value is -3.44. The van der Waals surface area contributed by atoms with E-state index in [0.717, 1.165) is 18.7 Å². The number of para-hydroxylation sites is 1. The number of carboxylic acid groups (broad SMARTS) is 2. The van der Waals surface area contributed by atoms with Gasteiger partial charge in [0, 0.05) is 19.2 Å². The minimum Gasteiger partial charge on any atom is -0.483 e. The molecule has 2 aromatic rings. The van der Waals surface area contributed by atoms with Crippen molar-refractivity contribution in [3.63, 3.8) is 0 Å². The predicted molar refractivity (Wildman–Crippen MR) is 117 cm³/mol. The number of rotatable bonds is 2. The molecule has 17 heteroatoms. The summed E-state index contributed by atoms with van der Waals surface area (Å²) in [4.78, 5) is 22.3. The van der Waals surface area contributed by atoms with Crippen molar-refractivity contribution in [1.82, 2.24) is 14.6 Å². The Morgan fingerprint density at radius 1 is 1.00 bits per heavy atom. The van der Waals surface area contributed by atoms with E-state index in [0.29, 0.717) is 18.8 Å². The van der Waals surface area contributed by atoms with E-state index in [-0.39, 0.29) is 11.4 Å². The number of halogens is 6. The first-order valence-corrected chi connectivity index (χ1v) is 11.9. The van der Waals surface area contributed by atoms with E-state index < -0.39 is 39.9 Å². The summed E-state index contributed by atoms with van der Waals surface area (Å²) in [6.07, 6.45) is -7.72. The average molecular weight is 573 g/mol. The van der Waals surface area contributed by atoms with Crippen LogP contribution in [0.1, 0.15) is 12.1 Å². The Kier molecular flexibility index (Phi) is 9.68. The zero-order valence-electron chi connectivity index (χ0n) is 19.2. The van der Waals surface area contributed by atoms with E-state index in [9.17, 15) is 34.8 Å². The first kappa shape index (κ1) is 30.8. The molecule has 0 amide bonds. The highest BCUT2D eigenvalue weighted by atomic mass is 32.2. The van der Waals surface area contributed by atoms with Crippen LogP contribution >= 0.6 is 0 Å². The molecule has 0 radical (unpaired) electrons. The number of benzene rings is 1. The number of hydrogen-bond donors (Lipinski definition) is 3. The quantitative estimate of drug-likeness (QED) is 0.462. The van der Waals surface area contributed by atoms with Gasteiger partial charge < -0.3 is 20.3 Å². The lowest BCUT2D eigenvalue weighted by Gasteiger charge is -2.31. The minimum absolute atomic E-state index is 0.227. The monoisotopic (exact) mass is 573 g/mol. The number of nitrogens with one attached hydrogen (secondary N) is 1. The molecule has 1 atom stereocenters. The summed E-state index contributed by atoms with van der Waals surface area (Å²) in [5.74, 6) is -5.08. The van der Waals surface area contributed by atoms with Gasteiger partial charge in [-0.15, -0.1) is 0 Å². The highest BCUT2D eigenvalue weighted by Crippen LogP contribution is 2.37. The number of sulfonamides is 1. The van der Waals surface area contributed by atoms with Crippen molar-refractivity contribution in [2.24, 2.45) is 0 Å². The number of fused-ring (bicyclic) bond motifs is 1. The molecule has 0 bridgehead atoms. The van der Waals surface area contributed by atoms with Gasteiger partial charge in [0.05, 0.1) is 18.8 Å². The van der Waals surface area contributed by atoms with Gasteiger partial charge in [-0.1, -0.05) is 18.2 Å². The van der Waals surface area contributed by atoms with E-state index in [1.165, 1.54) is 4.31 Å². The van der Waals surface area contributed by atoms with Crippen LogP contribution in [0.15, 0.2) is 53.6 Å². The lowest BCUT2D eigenvalue weighted by molar-refractivity contribution is -0.193. The van der Waals surface area contributed by atoms with Crippen molar-refractivity contribution in [1.29, 1.82) is 0 Å².